The van der Waals surface area contributed by atoms with Crippen LogP contribution in [0, 0.1) is 5.92 Å². The first-order valence-corrected chi connectivity index (χ1v) is 9.88. The molecule has 1 N–H and O–H groups in total. The summed E-state index contributed by atoms with van der Waals surface area (Å²) >= 11 is 0. The van der Waals surface area contributed by atoms with E-state index >= 15 is 0 Å². The van der Waals surface area contributed by atoms with Gasteiger partial charge in [-0.15, -0.1) is 0 Å². The lowest BCUT2D eigenvalue weighted by Crippen LogP contribution is -2.45. The van der Waals surface area contributed by atoms with Gasteiger partial charge in [-0.25, -0.2) is 8.42 Å². The summed E-state index contributed by atoms with van der Waals surface area (Å²) in [6.45, 7) is 1.15. The second-order valence-electron chi connectivity index (χ2n) is 6.22. The molecule has 132 valence electrons. The number of benzene rings is 2. The van der Waals surface area contributed by atoms with E-state index in [1.807, 2.05) is 30.3 Å². The topological polar surface area (TPSA) is 66.5 Å². The van der Waals surface area contributed by atoms with Crippen molar-refractivity contribution >= 4 is 15.9 Å². The van der Waals surface area contributed by atoms with Crippen molar-refractivity contribution in [2.45, 2.75) is 24.3 Å². The first kappa shape index (κ1) is 17.6. The third-order valence-corrected chi connectivity index (χ3v) is 6.32. The Balaban J connectivity index is 1.64. The Morgan fingerprint density at radius 1 is 1.04 bits per heavy atom. The van der Waals surface area contributed by atoms with Gasteiger partial charge in [0, 0.05) is 19.6 Å². The van der Waals surface area contributed by atoms with Crippen molar-refractivity contribution in [3.8, 4) is 0 Å². The number of nitrogens with zero attached hydrogens (tertiary/aromatic N) is 1. The van der Waals surface area contributed by atoms with Crippen LogP contribution in [-0.4, -0.2) is 31.7 Å². The molecule has 1 saturated heterocycles. The second-order valence-corrected chi connectivity index (χ2v) is 8.16. The molecule has 1 atom stereocenters. The Morgan fingerprint density at radius 2 is 1.68 bits per heavy atom. The molecule has 1 fully saturated rings. The number of sulfonamides is 1. The molecule has 1 aliphatic heterocycles. The van der Waals surface area contributed by atoms with Gasteiger partial charge < -0.3 is 5.32 Å². The van der Waals surface area contributed by atoms with E-state index in [1.54, 1.807) is 30.3 Å². The fourth-order valence-electron chi connectivity index (χ4n) is 3.05. The standard InChI is InChI=1S/C19H22N2O3S/c22-19(20-14-16-8-3-1-4-9-16)17-10-7-13-21(15-17)25(23,24)18-11-5-2-6-12-18/h1-6,8-9,11-12,17H,7,10,13-15H2,(H,20,22)/t17-/m1/s1. The summed E-state index contributed by atoms with van der Waals surface area (Å²) in [5, 5.41) is 2.92. The van der Waals surface area contributed by atoms with Crippen LogP contribution < -0.4 is 5.32 Å². The summed E-state index contributed by atoms with van der Waals surface area (Å²) in [4.78, 5) is 12.7. The Bertz CT molecular complexity index is 807. The number of hydrogen-bond donors (Lipinski definition) is 1. The quantitative estimate of drug-likeness (QED) is 0.892. The maximum atomic E-state index is 12.7. The van der Waals surface area contributed by atoms with Gasteiger partial charge in [-0.3, -0.25) is 4.79 Å². The largest absolute Gasteiger partial charge is 0.352 e. The van der Waals surface area contributed by atoms with E-state index in [9.17, 15) is 13.2 Å². The molecule has 3 rings (SSSR count). The molecule has 5 nitrogen and oxygen atoms in total. The van der Waals surface area contributed by atoms with Crippen LogP contribution in [0.15, 0.2) is 65.6 Å². The third kappa shape index (κ3) is 4.27. The zero-order chi connectivity index (χ0) is 17.7. The average Bonchev–Trinajstić information content (AvgIpc) is 2.67. The van der Waals surface area contributed by atoms with Gasteiger partial charge in [-0.2, -0.15) is 4.31 Å². The molecule has 0 radical (unpaired) electrons. The number of carbonyl (C=O) groups is 1. The Labute approximate surface area is 148 Å². The van der Waals surface area contributed by atoms with Crippen LogP contribution in [0.3, 0.4) is 0 Å². The van der Waals surface area contributed by atoms with Crippen LogP contribution in [0.4, 0.5) is 0 Å². The SMILES string of the molecule is O=C(NCc1ccccc1)[C@@H]1CCCN(S(=O)(=O)c2ccccc2)C1. The van der Waals surface area contributed by atoms with Crippen LogP contribution in [0.5, 0.6) is 0 Å². The van der Waals surface area contributed by atoms with Gasteiger partial charge in [0.25, 0.3) is 0 Å². The van der Waals surface area contributed by atoms with Crippen molar-refractivity contribution in [3.63, 3.8) is 0 Å². The first-order chi connectivity index (χ1) is 12.1. The third-order valence-electron chi connectivity index (χ3n) is 4.45. The van der Waals surface area contributed by atoms with Gasteiger partial charge in [0.15, 0.2) is 0 Å². The molecule has 0 bridgehead atoms. The lowest BCUT2D eigenvalue weighted by Gasteiger charge is -2.31. The maximum absolute atomic E-state index is 12.7. The molecule has 1 heterocycles. The zero-order valence-corrected chi connectivity index (χ0v) is 14.8. The second kappa shape index (κ2) is 7.80. The molecule has 0 unspecified atom stereocenters. The molecular formula is C19H22N2O3S. The lowest BCUT2D eigenvalue weighted by atomic mass is 9.99. The molecule has 2 aromatic rings. The van der Waals surface area contributed by atoms with Crippen LogP contribution in [-0.2, 0) is 21.4 Å². The Hall–Kier alpha value is -2.18. The zero-order valence-electron chi connectivity index (χ0n) is 14.0. The van der Waals surface area contributed by atoms with Crippen molar-refractivity contribution in [2.75, 3.05) is 13.1 Å². The van der Waals surface area contributed by atoms with E-state index in [4.69, 9.17) is 0 Å². The molecule has 1 amide bonds. The van der Waals surface area contributed by atoms with Crippen LogP contribution >= 0.6 is 0 Å². The van der Waals surface area contributed by atoms with Crippen molar-refractivity contribution in [1.29, 1.82) is 0 Å². The highest BCUT2D eigenvalue weighted by Crippen LogP contribution is 2.23. The molecule has 0 aliphatic carbocycles. The molecular weight excluding hydrogens is 336 g/mol. The lowest BCUT2D eigenvalue weighted by molar-refractivity contribution is -0.126. The van der Waals surface area contributed by atoms with Gasteiger partial charge >= 0.3 is 0 Å². The van der Waals surface area contributed by atoms with Crippen molar-refractivity contribution in [1.82, 2.24) is 9.62 Å². The molecule has 25 heavy (non-hydrogen) atoms. The van der Waals surface area contributed by atoms with Gasteiger partial charge in [0.1, 0.15) is 0 Å². The minimum Gasteiger partial charge on any atom is -0.352 e. The monoisotopic (exact) mass is 358 g/mol. The van der Waals surface area contributed by atoms with E-state index in [0.29, 0.717) is 25.9 Å². The number of rotatable bonds is 5. The van der Waals surface area contributed by atoms with Crippen molar-refractivity contribution < 1.29 is 13.2 Å². The molecule has 0 aromatic heterocycles. The molecule has 1 aliphatic rings. The van der Waals surface area contributed by atoms with Crippen molar-refractivity contribution in [2.24, 2.45) is 5.92 Å². The van der Waals surface area contributed by atoms with E-state index < -0.39 is 10.0 Å². The Morgan fingerprint density at radius 3 is 2.36 bits per heavy atom. The van der Waals surface area contributed by atoms with E-state index in [-0.39, 0.29) is 23.3 Å². The number of hydrogen-bond acceptors (Lipinski definition) is 3. The van der Waals surface area contributed by atoms with E-state index in [0.717, 1.165) is 5.56 Å². The van der Waals surface area contributed by atoms with E-state index in [2.05, 4.69) is 5.32 Å². The summed E-state index contributed by atoms with van der Waals surface area (Å²) in [5.74, 6) is -0.396. The molecule has 0 saturated carbocycles. The van der Waals surface area contributed by atoms with Crippen LogP contribution in [0.1, 0.15) is 18.4 Å². The summed E-state index contributed by atoms with van der Waals surface area (Å²) in [6, 6.07) is 18.1. The molecule has 0 spiro atoms. The van der Waals surface area contributed by atoms with Gasteiger partial charge in [-0.05, 0) is 30.5 Å². The predicted molar refractivity (Wildman–Crippen MR) is 96.2 cm³/mol. The number of nitrogens with one attached hydrogen (secondary N) is 1. The summed E-state index contributed by atoms with van der Waals surface area (Å²) in [5.41, 5.74) is 1.03. The summed E-state index contributed by atoms with van der Waals surface area (Å²) in [7, 11) is -3.54. The fourth-order valence-corrected chi connectivity index (χ4v) is 4.59. The summed E-state index contributed by atoms with van der Waals surface area (Å²) < 4.78 is 26.9. The average molecular weight is 358 g/mol. The minimum atomic E-state index is -3.54. The normalized spacial score (nSPS) is 18.6. The maximum Gasteiger partial charge on any atom is 0.243 e. The highest BCUT2D eigenvalue weighted by Gasteiger charge is 2.33. The smallest absolute Gasteiger partial charge is 0.243 e. The molecule has 2 aromatic carbocycles. The van der Waals surface area contributed by atoms with Gasteiger partial charge in [0.2, 0.25) is 15.9 Å². The Kier molecular flexibility index (Phi) is 5.50. The molecule has 6 heteroatoms. The van der Waals surface area contributed by atoms with Crippen LogP contribution in [0.25, 0.3) is 0 Å². The van der Waals surface area contributed by atoms with E-state index in [1.165, 1.54) is 4.31 Å². The van der Waals surface area contributed by atoms with Crippen molar-refractivity contribution in [3.05, 3.63) is 66.2 Å². The number of piperidine rings is 1. The highest BCUT2D eigenvalue weighted by molar-refractivity contribution is 7.89. The predicted octanol–water partition coefficient (Wildman–Crippen LogP) is 2.40. The first-order valence-electron chi connectivity index (χ1n) is 8.44. The number of amides is 1. The minimum absolute atomic E-state index is 0.0863. The fraction of sp³-hybridized carbons (Fsp3) is 0.316. The number of carbonyl (C=O) groups excluding carboxylic acids is 1. The van der Waals surface area contributed by atoms with Crippen LogP contribution in [0.2, 0.25) is 0 Å². The summed E-state index contributed by atoms with van der Waals surface area (Å²) in [6.07, 6.45) is 1.40. The van der Waals surface area contributed by atoms with Gasteiger partial charge in [-0.1, -0.05) is 48.5 Å². The van der Waals surface area contributed by atoms with Gasteiger partial charge in [0.05, 0.1) is 10.8 Å². The highest BCUT2D eigenvalue weighted by atomic mass is 32.2.